The molecular weight excluding hydrogens is 532 g/mol. The van der Waals surface area contributed by atoms with Crippen LogP contribution in [0.1, 0.15) is 0 Å². The van der Waals surface area contributed by atoms with Gasteiger partial charge in [-0.05, 0) is 66.7 Å². The smallest absolute Gasteiger partial charge is 0.261 e. The minimum atomic E-state index is -3.80. The summed E-state index contributed by atoms with van der Waals surface area (Å²) < 4.78 is 56.4. The van der Waals surface area contributed by atoms with Crippen LogP contribution in [-0.4, -0.2) is 16.8 Å². The van der Waals surface area contributed by atoms with Crippen LogP contribution >= 0.6 is 31.9 Å². The van der Waals surface area contributed by atoms with Crippen molar-refractivity contribution in [1.29, 1.82) is 0 Å². The maximum atomic E-state index is 12.5. The average Bonchev–Trinajstić information content (AvgIpc) is 2.62. The fourth-order valence-corrected chi connectivity index (χ4v) is 4.93. The first-order valence-corrected chi connectivity index (χ1v) is 12.4. The molecule has 146 valence electrons. The van der Waals surface area contributed by atoms with Crippen molar-refractivity contribution >= 4 is 63.3 Å². The second-order valence-corrected chi connectivity index (χ2v) is 10.9. The topological polar surface area (TPSA) is 92.3 Å². The van der Waals surface area contributed by atoms with Crippen LogP contribution in [0.5, 0.6) is 0 Å². The molecule has 0 aliphatic rings. The molecule has 0 fully saturated rings. The predicted octanol–water partition coefficient (Wildman–Crippen LogP) is 4.81. The van der Waals surface area contributed by atoms with Crippen molar-refractivity contribution < 1.29 is 16.8 Å². The number of sulfonamides is 2. The lowest BCUT2D eigenvalue weighted by Crippen LogP contribution is -2.15. The number of anilines is 2. The summed E-state index contributed by atoms with van der Waals surface area (Å²) in [6.07, 6.45) is 0. The summed E-state index contributed by atoms with van der Waals surface area (Å²) in [5, 5.41) is 0. The Kier molecular flexibility index (Phi) is 6.13. The number of hydrogen-bond acceptors (Lipinski definition) is 4. The molecule has 28 heavy (non-hydrogen) atoms. The average molecular weight is 546 g/mol. The van der Waals surface area contributed by atoms with Gasteiger partial charge >= 0.3 is 0 Å². The minimum absolute atomic E-state index is 0.0940. The second kappa shape index (κ2) is 8.24. The molecule has 0 unspecified atom stereocenters. The highest BCUT2D eigenvalue weighted by Gasteiger charge is 2.16. The molecule has 0 aliphatic carbocycles. The van der Waals surface area contributed by atoms with Crippen molar-refractivity contribution in [2.24, 2.45) is 0 Å². The fraction of sp³-hybridized carbons (Fsp3) is 0. The molecule has 10 heteroatoms. The van der Waals surface area contributed by atoms with E-state index in [1.54, 1.807) is 30.3 Å². The Bertz CT molecular complexity index is 1100. The number of rotatable bonds is 6. The summed E-state index contributed by atoms with van der Waals surface area (Å²) in [5.74, 6) is 0. The molecule has 0 saturated heterocycles. The van der Waals surface area contributed by atoms with E-state index in [0.29, 0.717) is 0 Å². The number of halogens is 2. The lowest BCUT2D eigenvalue weighted by molar-refractivity contribution is 0.599. The van der Waals surface area contributed by atoms with Gasteiger partial charge in [-0.1, -0.05) is 37.9 Å². The maximum Gasteiger partial charge on any atom is 0.261 e. The van der Waals surface area contributed by atoms with Crippen molar-refractivity contribution in [3.63, 3.8) is 0 Å². The van der Waals surface area contributed by atoms with Gasteiger partial charge in [-0.25, -0.2) is 16.8 Å². The Morgan fingerprint density at radius 3 is 1.29 bits per heavy atom. The molecule has 3 aromatic carbocycles. The van der Waals surface area contributed by atoms with E-state index in [4.69, 9.17) is 0 Å². The third-order valence-electron chi connectivity index (χ3n) is 3.61. The van der Waals surface area contributed by atoms with E-state index in [-0.39, 0.29) is 21.2 Å². The summed E-state index contributed by atoms with van der Waals surface area (Å²) in [6, 6.07) is 18.4. The number of nitrogens with one attached hydrogen (secondary N) is 2. The summed E-state index contributed by atoms with van der Waals surface area (Å²) in [6.45, 7) is 0. The Hall–Kier alpha value is -1.88. The number of benzene rings is 3. The molecule has 0 heterocycles. The van der Waals surface area contributed by atoms with E-state index in [1.807, 2.05) is 0 Å². The van der Waals surface area contributed by atoms with Crippen LogP contribution in [0.15, 0.2) is 91.5 Å². The molecule has 3 rings (SSSR count). The van der Waals surface area contributed by atoms with Gasteiger partial charge in [-0.2, -0.15) is 0 Å². The standard InChI is InChI=1S/C18H14Br2N2O4S2/c19-13-4-8-17(9-5-13)27(23,24)21-15-2-1-3-16(12-15)22-28(25,26)18-10-6-14(20)7-11-18/h1-12,21-22H. The van der Waals surface area contributed by atoms with Crippen LogP contribution in [-0.2, 0) is 20.0 Å². The van der Waals surface area contributed by atoms with E-state index in [9.17, 15) is 16.8 Å². The third-order valence-corrected chi connectivity index (χ3v) is 7.47. The molecule has 6 nitrogen and oxygen atoms in total. The molecule has 3 aromatic rings. The van der Waals surface area contributed by atoms with Crippen LogP contribution in [0, 0.1) is 0 Å². The van der Waals surface area contributed by atoms with E-state index < -0.39 is 20.0 Å². The molecule has 0 saturated carbocycles. The highest BCUT2D eigenvalue weighted by atomic mass is 79.9. The third kappa shape index (κ3) is 5.13. The van der Waals surface area contributed by atoms with Crippen LogP contribution in [0.25, 0.3) is 0 Å². The Morgan fingerprint density at radius 1 is 0.571 bits per heavy atom. The largest absolute Gasteiger partial charge is 0.280 e. The second-order valence-electron chi connectivity index (χ2n) is 5.70. The summed E-state index contributed by atoms with van der Waals surface area (Å²) in [7, 11) is -7.60. The molecule has 0 radical (unpaired) electrons. The molecule has 0 spiro atoms. The Labute approximate surface area is 180 Å². The van der Waals surface area contributed by atoms with Gasteiger partial charge in [-0.3, -0.25) is 9.44 Å². The highest BCUT2D eigenvalue weighted by molar-refractivity contribution is 9.10. The number of hydrogen-bond donors (Lipinski definition) is 2. The van der Waals surface area contributed by atoms with Crippen molar-refractivity contribution in [2.75, 3.05) is 9.44 Å². The molecular formula is C18H14Br2N2O4S2. The SMILES string of the molecule is O=S(=O)(Nc1cccc(NS(=O)(=O)c2ccc(Br)cc2)c1)c1ccc(Br)cc1. The minimum Gasteiger partial charge on any atom is -0.280 e. The molecule has 2 N–H and O–H groups in total. The monoisotopic (exact) mass is 544 g/mol. The first-order valence-electron chi connectivity index (χ1n) is 7.83. The van der Waals surface area contributed by atoms with Gasteiger partial charge in [-0.15, -0.1) is 0 Å². The summed E-state index contributed by atoms with van der Waals surface area (Å²) in [5.41, 5.74) is 0.470. The molecule has 0 bridgehead atoms. The Morgan fingerprint density at radius 2 is 0.929 bits per heavy atom. The quantitative estimate of drug-likeness (QED) is 0.464. The van der Waals surface area contributed by atoms with Crippen LogP contribution in [0.4, 0.5) is 11.4 Å². The predicted molar refractivity (Wildman–Crippen MR) is 116 cm³/mol. The van der Waals surface area contributed by atoms with Gasteiger partial charge in [0.25, 0.3) is 20.0 Å². The van der Waals surface area contributed by atoms with Gasteiger partial charge in [0.15, 0.2) is 0 Å². The highest BCUT2D eigenvalue weighted by Crippen LogP contribution is 2.23. The lowest BCUT2D eigenvalue weighted by Gasteiger charge is -2.11. The zero-order chi connectivity index (χ0) is 20.4. The van der Waals surface area contributed by atoms with Gasteiger partial charge in [0, 0.05) is 8.95 Å². The summed E-state index contributed by atoms with van der Waals surface area (Å²) in [4.78, 5) is 0.188. The van der Waals surface area contributed by atoms with Gasteiger partial charge in [0.05, 0.1) is 21.2 Å². The van der Waals surface area contributed by atoms with Crippen molar-refractivity contribution in [2.45, 2.75) is 9.79 Å². The van der Waals surface area contributed by atoms with Gasteiger partial charge in [0.2, 0.25) is 0 Å². The van der Waals surface area contributed by atoms with Crippen LogP contribution in [0.3, 0.4) is 0 Å². The van der Waals surface area contributed by atoms with E-state index in [0.717, 1.165) is 8.95 Å². The molecule has 0 aliphatic heterocycles. The zero-order valence-electron chi connectivity index (χ0n) is 14.1. The molecule has 0 aromatic heterocycles. The normalized spacial score (nSPS) is 11.8. The molecule has 0 atom stereocenters. The summed E-state index contributed by atoms with van der Waals surface area (Å²) >= 11 is 6.51. The van der Waals surface area contributed by atoms with Gasteiger partial charge in [0.1, 0.15) is 0 Å². The maximum absolute atomic E-state index is 12.5. The first-order chi connectivity index (χ1) is 13.2. The lowest BCUT2D eigenvalue weighted by atomic mass is 10.3. The van der Waals surface area contributed by atoms with E-state index in [2.05, 4.69) is 41.3 Å². The van der Waals surface area contributed by atoms with Crippen LogP contribution in [0.2, 0.25) is 0 Å². The van der Waals surface area contributed by atoms with E-state index >= 15 is 0 Å². The first kappa shape index (κ1) is 20.8. The fourth-order valence-electron chi connectivity index (χ4n) is 2.30. The zero-order valence-corrected chi connectivity index (χ0v) is 18.9. The van der Waals surface area contributed by atoms with E-state index in [1.165, 1.54) is 42.5 Å². The van der Waals surface area contributed by atoms with Crippen molar-refractivity contribution in [1.82, 2.24) is 0 Å². The Balaban J connectivity index is 1.82. The van der Waals surface area contributed by atoms with Crippen molar-refractivity contribution in [3.8, 4) is 0 Å². The van der Waals surface area contributed by atoms with Crippen molar-refractivity contribution in [3.05, 3.63) is 81.7 Å². The molecule has 0 amide bonds. The van der Waals surface area contributed by atoms with Crippen LogP contribution < -0.4 is 9.44 Å². The van der Waals surface area contributed by atoms with Gasteiger partial charge < -0.3 is 0 Å².